The molecule has 2 amide bonds. The maximum Gasteiger partial charge on any atom is 0.311 e. The van der Waals surface area contributed by atoms with E-state index in [-0.39, 0.29) is 31.0 Å². The third-order valence-corrected chi connectivity index (χ3v) is 9.23. The van der Waals surface area contributed by atoms with Gasteiger partial charge in [0.05, 0.1) is 23.2 Å². The first kappa shape index (κ1) is 25.1. The molecule has 5 atom stereocenters. The van der Waals surface area contributed by atoms with Gasteiger partial charge in [-0.1, -0.05) is 6.08 Å². The maximum atomic E-state index is 14.1. The number of rotatable bonds is 9. The lowest BCUT2D eigenvalue weighted by Crippen LogP contribution is -2.58. The minimum Gasteiger partial charge on any atom is -0.466 e. The van der Waals surface area contributed by atoms with Crippen molar-refractivity contribution in [1.82, 2.24) is 9.80 Å². The van der Waals surface area contributed by atoms with Crippen LogP contribution in [0.3, 0.4) is 0 Å². The Hall–Kier alpha value is -1.54. The van der Waals surface area contributed by atoms with Crippen molar-refractivity contribution in [1.29, 1.82) is 0 Å². The molecule has 0 aliphatic carbocycles. The first-order valence-electron chi connectivity index (χ1n) is 11.7. The van der Waals surface area contributed by atoms with Crippen LogP contribution in [0.2, 0.25) is 0 Å². The maximum absolute atomic E-state index is 14.1. The highest BCUT2D eigenvalue weighted by molar-refractivity contribution is 8.02. The molecular weight excluding hydrogens is 428 g/mol. The van der Waals surface area contributed by atoms with Crippen LogP contribution < -0.4 is 0 Å². The Kier molecular flexibility index (Phi) is 7.06. The van der Waals surface area contributed by atoms with Crippen molar-refractivity contribution >= 4 is 29.5 Å². The lowest BCUT2D eigenvalue weighted by atomic mass is 9.66. The van der Waals surface area contributed by atoms with E-state index in [4.69, 9.17) is 4.74 Å². The van der Waals surface area contributed by atoms with Crippen LogP contribution in [-0.4, -0.2) is 80.1 Å². The SMILES string of the molecule is C=CCN(C(=O)C1N(CCCCO)C(=O)[C@@H]2[C@H](C(=O)OCC)[C@]3(C)CCC12S3)C(C)(C)C. The van der Waals surface area contributed by atoms with Crippen LogP contribution in [0.15, 0.2) is 12.7 Å². The van der Waals surface area contributed by atoms with Crippen molar-refractivity contribution in [2.24, 2.45) is 11.8 Å². The zero-order chi connectivity index (χ0) is 23.9. The van der Waals surface area contributed by atoms with E-state index in [1.165, 1.54) is 0 Å². The van der Waals surface area contributed by atoms with Gasteiger partial charge >= 0.3 is 5.97 Å². The Morgan fingerprint density at radius 1 is 1.34 bits per heavy atom. The van der Waals surface area contributed by atoms with Gasteiger partial charge in [0.25, 0.3) is 0 Å². The summed E-state index contributed by atoms with van der Waals surface area (Å²) in [6.45, 7) is 14.7. The molecule has 2 unspecified atom stereocenters. The van der Waals surface area contributed by atoms with E-state index in [2.05, 4.69) is 6.58 Å². The summed E-state index contributed by atoms with van der Waals surface area (Å²) in [6.07, 6.45) is 4.38. The molecule has 0 aromatic rings. The second-order valence-electron chi connectivity index (χ2n) is 10.4. The zero-order valence-corrected chi connectivity index (χ0v) is 20.9. The first-order chi connectivity index (χ1) is 15.0. The molecule has 2 bridgehead atoms. The second-order valence-corrected chi connectivity index (χ2v) is 12.2. The van der Waals surface area contributed by atoms with E-state index in [1.54, 1.807) is 34.6 Å². The van der Waals surface area contributed by atoms with Crippen molar-refractivity contribution in [2.45, 2.75) is 81.4 Å². The Morgan fingerprint density at radius 3 is 2.59 bits per heavy atom. The predicted molar refractivity (Wildman–Crippen MR) is 125 cm³/mol. The van der Waals surface area contributed by atoms with Crippen LogP contribution in [0.25, 0.3) is 0 Å². The van der Waals surface area contributed by atoms with E-state index < -0.39 is 32.9 Å². The van der Waals surface area contributed by atoms with Crippen LogP contribution in [0.4, 0.5) is 0 Å². The van der Waals surface area contributed by atoms with Gasteiger partial charge in [-0.25, -0.2) is 0 Å². The smallest absolute Gasteiger partial charge is 0.311 e. The fourth-order valence-electron chi connectivity index (χ4n) is 5.90. The van der Waals surface area contributed by atoms with Gasteiger partial charge in [0.15, 0.2) is 0 Å². The van der Waals surface area contributed by atoms with Crippen LogP contribution in [0.1, 0.15) is 60.3 Å². The molecule has 3 saturated heterocycles. The van der Waals surface area contributed by atoms with Crippen molar-refractivity contribution in [3.8, 4) is 0 Å². The number of carbonyl (C=O) groups is 3. The number of ether oxygens (including phenoxy) is 1. The highest BCUT2D eigenvalue weighted by Crippen LogP contribution is 2.71. The number of nitrogens with zero attached hydrogens (tertiary/aromatic N) is 2. The van der Waals surface area contributed by atoms with E-state index in [9.17, 15) is 19.5 Å². The molecule has 0 saturated carbocycles. The second kappa shape index (κ2) is 9.01. The number of hydrogen-bond acceptors (Lipinski definition) is 6. The summed E-state index contributed by atoms with van der Waals surface area (Å²) >= 11 is 1.66. The molecule has 0 aromatic carbocycles. The highest BCUT2D eigenvalue weighted by Gasteiger charge is 2.77. The average Bonchev–Trinajstić information content (AvgIpc) is 3.26. The van der Waals surface area contributed by atoms with E-state index in [0.717, 1.165) is 12.8 Å². The van der Waals surface area contributed by atoms with Crippen LogP contribution >= 0.6 is 11.8 Å². The number of carbonyl (C=O) groups excluding carboxylic acids is 3. The van der Waals surface area contributed by atoms with E-state index in [0.29, 0.717) is 25.9 Å². The van der Waals surface area contributed by atoms with Gasteiger partial charge in [0.2, 0.25) is 11.8 Å². The largest absolute Gasteiger partial charge is 0.466 e. The molecule has 3 heterocycles. The normalized spacial score (nSPS) is 33.4. The predicted octanol–water partition coefficient (Wildman–Crippen LogP) is 2.62. The number of aliphatic hydroxyl groups is 1. The molecule has 180 valence electrons. The van der Waals surface area contributed by atoms with Crippen molar-refractivity contribution in [3.05, 3.63) is 12.7 Å². The number of amides is 2. The van der Waals surface area contributed by atoms with Crippen molar-refractivity contribution in [2.75, 3.05) is 26.3 Å². The fourth-order valence-corrected chi connectivity index (χ4v) is 8.24. The fraction of sp³-hybridized carbons (Fsp3) is 0.792. The molecule has 3 aliphatic rings. The summed E-state index contributed by atoms with van der Waals surface area (Å²) in [5.74, 6) is -1.64. The molecule has 7 nitrogen and oxygen atoms in total. The average molecular weight is 467 g/mol. The van der Waals surface area contributed by atoms with Crippen LogP contribution in [0, 0.1) is 11.8 Å². The number of likely N-dealkylation sites (tertiary alicyclic amines) is 1. The van der Waals surface area contributed by atoms with Crippen molar-refractivity contribution < 1.29 is 24.2 Å². The number of esters is 1. The van der Waals surface area contributed by atoms with Gasteiger partial charge in [-0.05, 0) is 60.3 Å². The standard InChI is InChI=1S/C24H38N2O5S/c1-7-13-26(22(3,4)5)20(29)18-24-12-11-23(6,32-24)17(21(30)31-8-2)16(24)19(28)25(18)14-9-10-15-27/h7,16-18,27H,1,8-15H2,2-6H3/t16-,17+,18?,23-,24?/m0/s1. The summed E-state index contributed by atoms with van der Waals surface area (Å²) in [5.41, 5.74) is -0.439. The molecule has 1 spiro atoms. The summed E-state index contributed by atoms with van der Waals surface area (Å²) in [6, 6.07) is -0.635. The quantitative estimate of drug-likeness (QED) is 0.319. The number of hydrogen-bond donors (Lipinski definition) is 1. The van der Waals surface area contributed by atoms with Gasteiger partial charge in [0, 0.05) is 30.0 Å². The Labute approximate surface area is 195 Å². The first-order valence-corrected chi connectivity index (χ1v) is 12.5. The lowest BCUT2D eigenvalue weighted by Gasteiger charge is -2.42. The molecule has 3 fully saturated rings. The van der Waals surface area contributed by atoms with Crippen LogP contribution in [0.5, 0.6) is 0 Å². The topological polar surface area (TPSA) is 87.2 Å². The minimum absolute atomic E-state index is 0.0397. The Morgan fingerprint density at radius 2 is 2.03 bits per heavy atom. The summed E-state index contributed by atoms with van der Waals surface area (Å²) in [4.78, 5) is 44.4. The molecule has 1 N–H and O–H groups in total. The van der Waals surface area contributed by atoms with Crippen LogP contribution in [-0.2, 0) is 19.1 Å². The third kappa shape index (κ3) is 3.87. The lowest BCUT2D eigenvalue weighted by molar-refractivity contribution is -0.155. The van der Waals surface area contributed by atoms with E-state index in [1.807, 2.05) is 27.7 Å². The molecule has 8 heteroatoms. The van der Waals surface area contributed by atoms with Gasteiger partial charge < -0.3 is 19.6 Å². The van der Waals surface area contributed by atoms with Gasteiger partial charge in [-0.3, -0.25) is 14.4 Å². The van der Waals surface area contributed by atoms with E-state index >= 15 is 0 Å². The van der Waals surface area contributed by atoms with Gasteiger partial charge in [-0.2, -0.15) is 0 Å². The molecule has 0 aromatic heterocycles. The summed E-state index contributed by atoms with van der Waals surface area (Å²) in [5, 5.41) is 9.26. The highest BCUT2D eigenvalue weighted by atomic mass is 32.2. The Balaban J connectivity index is 2.07. The zero-order valence-electron chi connectivity index (χ0n) is 20.1. The summed E-state index contributed by atoms with van der Waals surface area (Å²) < 4.78 is 4.36. The number of aliphatic hydroxyl groups excluding tert-OH is 1. The molecule has 32 heavy (non-hydrogen) atoms. The van der Waals surface area contributed by atoms with Gasteiger partial charge in [-0.15, -0.1) is 18.3 Å². The van der Waals surface area contributed by atoms with Gasteiger partial charge in [0.1, 0.15) is 6.04 Å². The monoisotopic (exact) mass is 466 g/mol. The minimum atomic E-state index is -0.635. The van der Waals surface area contributed by atoms with Crippen molar-refractivity contribution in [3.63, 3.8) is 0 Å². The molecule has 3 aliphatic heterocycles. The number of thioether (sulfide) groups is 1. The molecular formula is C24H38N2O5S. The third-order valence-electron chi connectivity index (χ3n) is 7.25. The number of fused-ring (bicyclic) bond motifs is 1. The molecule has 3 rings (SSSR count). The Bertz CT molecular complexity index is 781. The summed E-state index contributed by atoms with van der Waals surface area (Å²) in [7, 11) is 0. The number of unbranched alkanes of at least 4 members (excludes halogenated alkanes) is 1. The molecule has 0 radical (unpaired) electrons.